The summed E-state index contributed by atoms with van der Waals surface area (Å²) in [6.45, 7) is 0. The summed E-state index contributed by atoms with van der Waals surface area (Å²) in [5, 5.41) is 96.2. The quantitative estimate of drug-likeness (QED) is 0.0566. The molecule has 0 amide bonds. The van der Waals surface area contributed by atoms with Gasteiger partial charge in [-0.25, -0.2) is 0 Å². The molecule has 1 radical (unpaired) electrons. The Bertz CT molecular complexity index is 834. The number of aliphatic hydroxyl groups is 2. The minimum atomic E-state index is -2.97. The predicted octanol–water partition coefficient (Wildman–Crippen LogP) is -24.1. The summed E-state index contributed by atoms with van der Waals surface area (Å²) in [5.41, 5.74) is 30.7. The van der Waals surface area contributed by atoms with E-state index in [-0.39, 0.29) is 51.9 Å². The van der Waals surface area contributed by atoms with Crippen LogP contribution in [-0.4, -0.2) is 92.0 Å². The number of hydrogen-bond acceptors (Lipinski definition) is 14. The molecule has 269 valence electrons. The Morgan fingerprint density at radius 3 is 0.578 bits per heavy atom. The van der Waals surface area contributed by atoms with Crippen molar-refractivity contribution in [2.24, 2.45) is 45.9 Å². The summed E-state index contributed by atoms with van der Waals surface area (Å²) >= 11 is 0. The number of aliphatic carboxylic acids is 6. The smallest absolute Gasteiger partial charge is 0.550 e. The van der Waals surface area contributed by atoms with Crippen molar-refractivity contribution >= 4 is 59.7 Å². The molecule has 0 aliphatic rings. The molecule has 0 aromatic carbocycles. The molecule has 45 heavy (non-hydrogen) atoms. The van der Waals surface area contributed by atoms with Crippen molar-refractivity contribution in [3.05, 3.63) is 0 Å². The van der Waals surface area contributed by atoms with Gasteiger partial charge >= 0.3 is 40.9 Å². The van der Waals surface area contributed by atoms with Crippen LogP contribution in [-0.2, 0) is 45.8 Å². The average Bonchev–Trinajstić information content (AvgIpc) is 2.63. The fourth-order valence-electron chi connectivity index (χ4n) is 1.37. The molecule has 30 N–H and O–H groups in total. The molecule has 0 bridgehead atoms. The first-order valence-electron chi connectivity index (χ1n) is 9.69. The van der Waals surface area contributed by atoms with E-state index in [0.29, 0.717) is 0 Å². The molecule has 0 aromatic rings. The molecule has 0 spiro atoms. The van der Waals surface area contributed by atoms with E-state index >= 15 is 0 Å². The second kappa shape index (κ2) is 32.8. The molecule has 0 heterocycles. The average molecular weight is 718 g/mol. The molecule has 0 saturated heterocycles. The molecule has 0 saturated carbocycles. The van der Waals surface area contributed by atoms with Gasteiger partial charge in [-0.3, -0.25) is 67.5 Å². The first kappa shape index (κ1) is 62.8. The van der Waals surface area contributed by atoms with Crippen molar-refractivity contribution in [3.8, 4) is 0 Å². The SMILES string of the molecule is NC(N)=[NH2+].NC(N)=[NH2+].NC(N)=[NH2+].NC(N)=[NH2+].O.O.O=C([O-])CC(O)(CC(=O)[O-])C(=O)[O-].O=C([O-])CC(O)(CC(=O)[O-])C(=O)[O-].[Cu+2]. The van der Waals surface area contributed by atoms with Gasteiger partial charge in [-0.05, 0) is 0 Å². The molecule has 0 atom stereocenters. The molecule has 29 heteroatoms. The van der Waals surface area contributed by atoms with Gasteiger partial charge in [0.15, 0.2) is 0 Å². The van der Waals surface area contributed by atoms with Crippen LogP contribution in [0, 0.1) is 0 Å². The molecule has 0 aromatic heterocycles. The second-order valence-corrected chi connectivity index (χ2v) is 6.83. The molecule has 28 nitrogen and oxygen atoms in total. The van der Waals surface area contributed by atoms with Crippen molar-refractivity contribution in [1.29, 1.82) is 0 Å². The predicted molar refractivity (Wildman–Crippen MR) is 127 cm³/mol. The number of carbonyl (C=O) groups is 6. The Balaban J connectivity index is -0.0000000536. The zero-order valence-corrected chi connectivity index (χ0v) is 23.8. The number of carboxylic acids is 6. The van der Waals surface area contributed by atoms with Crippen molar-refractivity contribution in [2.45, 2.75) is 36.9 Å². The van der Waals surface area contributed by atoms with Crippen LogP contribution in [0.1, 0.15) is 25.7 Å². The Kier molecular flexibility index (Phi) is 45.7. The summed E-state index contributed by atoms with van der Waals surface area (Å²) in [7, 11) is 0. The van der Waals surface area contributed by atoms with Gasteiger partial charge < -0.3 is 80.6 Å². The fraction of sp³-hybridized carbons (Fsp3) is 0.375. The van der Waals surface area contributed by atoms with E-state index < -0.39 is 72.7 Å². The van der Waals surface area contributed by atoms with Gasteiger partial charge in [-0.1, -0.05) is 0 Å². The second-order valence-electron chi connectivity index (χ2n) is 6.83. The first-order chi connectivity index (χ1) is 18.5. The third-order valence-electron chi connectivity index (χ3n) is 2.51. The van der Waals surface area contributed by atoms with E-state index in [1.54, 1.807) is 0 Å². The third-order valence-corrected chi connectivity index (χ3v) is 2.51. The minimum Gasteiger partial charge on any atom is -0.550 e. The van der Waals surface area contributed by atoms with Crippen LogP contribution in [0.3, 0.4) is 0 Å². The van der Waals surface area contributed by atoms with Gasteiger partial charge in [-0.15, -0.1) is 0 Å². The summed E-state index contributed by atoms with van der Waals surface area (Å²) < 4.78 is 0. The van der Waals surface area contributed by atoms with Crippen LogP contribution >= 0.6 is 0 Å². The van der Waals surface area contributed by atoms with Gasteiger partial charge in [0.1, 0.15) is 11.2 Å². The molecular formula is C16H38CuN12O16. The molecule has 0 aliphatic carbocycles. The van der Waals surface area contributed by atoms with E-state index in [9.17, 15) is 59.4 Å². The zero-order valence-electron chi connectivity index (χ0n) is 22.9. The minimum absolute atomic E-state index is 0. The van der Waals surface area contributed by atoms with Gasteiger partial charge in [-0.2, -0.15) is 0 Å². The maximum absolute atomic E-state index is 10.1. The number of nitrogens with two attached hydrogens (primary N) is 12. The number of hydrogen-bond donors (Lipinski definition) is 14. The van der Waals surface area contributed by atoms with Crippen LogP contribution in [0.2, 0.25) is 0 Å². The maximum atomic E-state index is 10.1. The van der Waals surface area contributed by atoms with Crippen molar-refractivity contribution in [1.82, 2.24) is 0 Å². The maximum Gasteiger partial charge on any atom is 2.00 e. The normalized spacial score (nSPS) is 8.40. The zero-order chi connectivity index (χ0) is 35.6. The number of carbonyl (C=O) groups excluding carboxylic acids is 6. The Morgan fingerprint density at radius 2 is 0.533 bits per heavy atom. The summed E-state index contributed by atoms with van der Waals surface area (Å²) in [5.74, 6) is -12.3. The van der Waals surface area contributed by atoms with Crippen LogP contribution in [0.25, 0.3) is 0 Å². The summed E-state index contributed by atoms with van der Waals surface area (Å²) in [6, 6.07) is 0. The standard InChI is InChI=1S/2C6H8O7.4CH5N3.Cu.2H2O/c2*7-3(8)1-6(13,5(11)12)2-4(9)10;4*2-1(3)4;;;/h2*13H,1-2H2,(H,7,8)(H,9,10)(H,11,12);4*(H5,2,3,4);;2*1H2/q;;;;;;+2;;/p-2. The van der Waals surface area contributed by atoms with Gasteiger partial charge in [0.05, 0.1) is 11.9 Å². The van der Waals surface area contributed by atoms with Crippen LogP contribution in [0.15, 0.2) is 0 Å². The van der Waals surface area contributed by atoms with Crippen LogP contribution in [0.4, 0.5) is 0 Å². The van der Waals surface area contributed by atoms with Gasteiger partial charge in [0, 0.05) is 49.6 Å². The number of carboxylic acid groups (broad SMARTS) is 6. The van der Waals surface area contributed by atoms with Crippen molar-refractivity contribution in [2.75, 3.05) is 0 Å². The van der Waals surface area contributed by atoms with E-state index in [4.69, 9.17) is 10.2 Å². The van der Waals surface area contributed by atoms with E-state index in [0.717, 1.165) is 0 Å². The first-order valence-corrected chi connectivity index (χ1v) is 9.69. The Morgan fingerprint density at radius 1 is 0.444 bits per heavy atom. The molecule has 0 unspecified atom stereocenters. The van der Waals surface area contributed by atoms with Gasteiger partial charge in [0.2, 0.25) is 0 Å². The summed E-state index contributed by atoms with van der Waals surface area (Å²) in [6.07, 6.45) is -5.43. The monoisotopic (exact) mass is 717 g/mol. The Labute approximate surface area is 262 Å². The van der Waals surface area contributed by atoms with E-state index in [1.807, 2.05) is 0 Å². The Hall–Kier alpha value is -5.74. The van der Waals surface area contributed by atoms with Crippen molar-refractivity contribution in [3.63, 3.8) is 0 Å². The van der Waals surface area contributed by atoms with E-state index in [1.165, 1.54) is 0 Å². The summed E-state index contributed by atoms with van der Waals surface area (Å²) in [4.78, 5) is 60.0. The number of guanidine groups is 4. The van der Waals surface area contributed by atoms with E-state index in [2.05, 4.69) is 67.5 Å². The van der Waals surface area contributed by atoms with Crippen LogP contribution in [0.5, 0.6) is 0 Å². The van der Waals surface area contributed by atoms with Crippen LogP contribution < -0.4 is 98.1 Å². The topological polar surface area (TPSA) is 655 Å². The molecule has 0 fully saturated rings. The van der Waals surface area contributed by atoms with Crippen molar-refractivity contribution < 1.29 is 119 Å². The molecular weight excluding hydrogens is 680 g/mol. The van der Waals surface area contributed by atoms with Gasteiger partial charge in [0.25, 0.3) is 0 Å². The number of rotatable bonds is 10. The largest absolute Gasteiger partial charge is 2.00 e. The fourth-order valence-corrected chi connectivity index (χ4v) is 1.37. The molecule has 0 aliphatic heterocycles. The third kappa shape index (κ3) is 72.9. The molecule has 0 rings (SSSR count).